The number of anilines is 2. The minimum Gasteiger partial charge on any atom is -0.355 e. The summed E-state index contributed by atoms with van der Waals surface area (Å²) < 4.78 is 0. The maximum absolute atomic E-state index is 12.0. The fourth-order valence-electron chi connectivity index (χ4n) is 2.56. The molecule has 0 unspecified atom stereocenters. The number of carbonyl (C=O) groups excluding carboxylic acids is 2. The number of pyridine rings is 1. The summed E-state index contributed by atoms with van der Waals surface area (Å²) in [6, 6.07) is 3.22. The van der Waals surface area contributed by atoms with Crippen LogP contribution in [0.4, 0.5) is 16.3 Å². The Morgan fingerprint density at radius 1 is 1.21 bits per heavy atom. The van der Waals surface area contributed by atoms with Crippen molar-refractivity contribution >= 4 is 23.4 Å². The van der Waals surface area contributed by atoms with Gasteiger partial charge in [0.15, 0.2) is 5.82 Å². The van der Waals surface area contributed by atoms with E-state index < -0.39 is 6.03 Å². The molecule has 1 aromatic heterocycles. The number of nitrogens with one attached hydrogen (secondary N) is 3. The zero-order valence-electron chi connectivity index (χ0n) is 14.5. The molecule has 0 aliphatic carbocycles. The minimum atomic E-state index is -0.402. The molecule has 1 aliphatic rings. The number of amides is 3. The van der Waals surface area contributed by atoms with Crippen LogP contribution in [0.5, 0.6) is 0 Å². The molecule has 0 radical (unpaired) electrons. The third-order valence-corrected chi connectivity index (χ3v) is 3.81. The highest BCUT2D eigenvalue weighted by Gasteiger charge is 2.17. The van der Waals surface area contributed by atoms with Crippen LogP contribution >= 0.6 is 0 Å². The van der Waals surface area contributed by atoms with E-state index in [2.05, 4.69) is 25.8 Å². The molecule has 2 rings (SSSR count). The van der Waals surface area contributed by atoms with E-state index in [4.69, 9.17) is 0 Å². The van der Waals surface area contributed by atoms with E-state index in [0.717, 1.165) is 31.7 Å². The highest BCUT2D eigenvalue weighted by atomic mass is 16.2. The first-order valence-corrected chi connectivity index (χ1v) is 8.58. The van der Waals surface area contributed by atoms with Gasteiger partial charge in [-0.3, -0.25) is 4.79 Å². The molecular formula is C17H27N5O2. The summed E-state index contributed by atoms with van der Waals surface area (Å²) in [6.45, 7) is 6.49. The first-order chi connectivity index (χ1) is 11.6. The Balaban J connectivity index is 1.86. The van der Waals surface area contributed by atoms with E-state index in [-0.39, 0.29) is 12.5 Å². The third-order valence-electron chi connectivity index (χ3n) is 3.81. The maximum atomic E-state index is 12.0. The molecule has 1 fully saturated rings. The van der Waals surface area contributed by atoms with Gasteiger partial charge in [-0.1, -0.05) is 13.8 Å². The Kier molecular flexibility index (Phi) is 6.84. The van der Waals surface area contributed by atoms with Crippen molar-refractivity contribution in [1.82, 2.24) is 15.6 Å². The Bertz CT molecular complexity index is 556. The fourth-order valence-corrected chi connectivity index (χ4v) is 2.56. The molecule has 0 spiro atoms. The maximum Gasteiger partial charge on any atom is 0.319 e. The largest absolute Gasteiger partial charge is 0.355 e. The van der Waals surface area contributed by atoms with Crippen LogP contribution in [0.1, 0.15) is 33.1 Å². The van der Waals surface area contributed by atoms with E-state index in [9.17, 15) is 9.59 Å². The quantitative estimate of drug-likeness (QED) is 0.743. The van der Waals surface area contributed by atoms with Gasteiger partial charge in [0.25, 0.3) is 0 Å². The average molecular weight is 333 g/mol. The summed E-state index contributed by atoms with van der Waals surface area (Å²) in [7, 11) is 0. The van der Waals surface area contributed by atoms with Gasteiger partial charge in [0.05, 0.1) is 12.2 Å². The van der Waals surface area contributed by atoms with Gasteiger partial charge in [-0.2, -0.15) is 0 Å². The molecule has 1 aromatic rings. The smallest absolute Gasteiger partial charge is 0.319 e. The normalized spacial score (nSPS) is 14.4. The number of aromatic nitrogens is 1. The third kappa shape index (κ3) is 5.72. The van der Waals surface area contributed by atoms with E-state index in [1.54, 1.807) is 12.3 Å². The van der Waals surface area contributed by atoms with E-state index in [0.29, 0.717) is 18.2 Å². The van der Waals surface area contributed by atoms with Gasteiger partial charge in [0, 0.05) is 25.8 Å². The van der Waals surface area contributed by atoms with Crippen molar-refractivity contribution in [3.05, 3.63) is 18.3 Å². The van der Waals surface area contributed by atoms with Crippen LogP contribution in [0.15, 0.2) is 18.3 Å². The van der Waals surface area contributed by atoms with Crippen LogP contribution in [-0.4, -0.2) is 43.1 Å². The highest BCUT2D eigenvalue weighted by Crippen LogP contribution is 2.25. The van der Waals surface area contributed by atoms with Crippen LogP contribution in [-0.2, 0) is 4.79 Å². The van der Waals surface area contributed by atoms with Gasteiger partial charge in [-0.05, 0) is 37.3 Å². The Hall–Kier alpha value is -2.31. The number of rotatable bonds is 6. The van der Waals surface area contributed by atoms with Crippen LogP contribution in [0.25, 0.3) is 0 Å². The number of piperidine rings is 1. The van der Waals surface area contributed by atoms with Gasteiger partial charge < -0.3 is 20.9 Å². The van der Waals surface area contributed by atoms with Crippen molar-refractivity contribution in [1.29, 1.82) is 0 Å². The minimum absolute atomic E-state index is 0.0438. The van der Waals surface area contributed by atoms with Crippen molar-refractivity contribution in [2.24, 2.45) is 5.92 Å². The first kappa shape index (κ1) is 18.0. The second-order valence-electron chi connectivity index (χ2n) is 6.43. The van der Waals surface area contributed by atoms with Crippen LogP contribution < -0.4 is 20.9 Å². The van der Waals surface area contributed by atoms with Gasteiger partial charge >= 0.3 is 6.03 Å². The molecule has 24 heavy (non-hydrogen) atoms. The molecule has 1 saturated heterocycles. The molecule has 2 heterocycles. The Morgan fingerprint density at radius 3 is 2.67 bits per heavy atom. The average Bonchev–Trinajstić information content (AvgIpc) is 2.59. The molecule has 132 valence electrons. The summed E-state index contributed by atoms with van der Waals surface area (Å²) in [6.07, 6.45) is 5.24. The molecule has 7 heteroatoms. The monoisotopic (exact) mass is 333 g/mol. The van der Waals surface area contributed by atoms with Gasteiger partial charge in [0.1, 0.15) is 0 Å². The van der Waals surface area contributed by atoms with Crippen molar-refractivity contribution in [3.63, 3.8) is 0 Å². The Labute approximate surface area is 143 Å². The molecule has 1 aliphatic heterocycles. The first-order valence-electron chi connectivity index (χ1n) is 8.58. The number of nitrogens with zero attached hydrogens (tertiary/aromatic N) is 2. The molecule has 7 nitrogen and oxygen atoms in total. The van der Waals surface area contributed by atoms with Crippen LogP contribution in [0, 0.1) is 5.92 Å². The topological polar surface area (TPSA) is 86.4 Å². The predicted molar refractivity (Wildman–Crippen MR) is 95.2 cm³/mol. The molecule has 3 amide bonds. The number of hydrogen-bond donors (Lipinski definition) is 3. The summed E-state index contributed by atoms with van der Waals surface area (Å²) >= 11 is 0. The fraction of sp³-hybridized carbons (Fsp3) is 0.588. The molecular weight excluding hydrogens is 306 g/mol. The SMILES string of the molecule is CC(C)CNC(=O)CNC(=O)Nc1cccnc1N1CCCCC1. The van der Waals surface area contributed by atoms with Crippen molar-refractivity contribution < 1.29 is 9.59 Å². The summed E-state index contributed by atoms with van der Waals surface area (Å²) in [5.74, 6) is 0.975. The summed E-state index contributed by atoms with van der Waals surface area (Å²) in [5.41, 5.74) is 0.666. The van der Waals surface area contributed by atoms with Crippen molar-refractivity contribution in [3.8, 4) is 0 Å². The molecule has 0 atom stereocenters. The lowest BCUT2D eigenvalue weighted by atomic mass is 10.1. The molecule has 0 aromatic carbocycles. The lowest BCUT2D eigenvalue weighted by Gasteiger charge is -2.29. The summed E-state index contributed by atoms with van der Waals surface area (Å²) in [4.78, 5) is 30.3. The zero-order chi connectivity index (χ0) is 17.4. The lowest BCUT2D eigenvalue weighted by molar-refractivity contribution is -0.120. The van der Waals surface area contributed by atoms with E-state index in [1.165, 1.54) is 6.42 Å². The standard InChI is InChI=1S/C17H27N5O2/c1-13(2)11-19-15(23)12-20-17(24)21-14-7-6-8-18-16(14)22-9-4-3-5-10-22/h6-8,13H,3-5,9-12H2,1-2H3,(H,19,23)(H2,20,21,24). The zero-order valence-corrected chi connectivity index (χ0v) is 14.5. The predicted octanol–water partition coefficient (Wildman–Crippen LogP) is 1.97. The van der Waals surface area contributed by atoms with Crippen LogP contribution in [0.3, 0.4) is 0 Å². The van der Waals surface area contributed by atoms with E-state index in [1.807, 2.05) is 19.9 Å². The van der Waals surface area contributed by atoms with E-state index >= 15 is 0 Å². The van der Waals surface area contributed by atoms with Crippen LogP contribution in [0.2, 0.25) is 0 Å². The molecule has 0 saturated carbocycles. The van der Waals surface area contributed by atoms with Gasteiger partial charge in [-0.25, -0.2) is 9.78 Å². The van der Waals surface area contributed by atoms with Crippen molar-refractivity contribution in [2.45, 2.75) is 33.1 Å². The van der Waals surface area contributed by atoms with Gasteiger partial charge in [0.2, 0.25) is 5.91 Å². The highest BCUT2D eigenvalue weighted by molar-refractivity contribution is 5.94. The lowest BCUT2D eigenvalue weighted by Crippen LogP contribution is -2.40. The molecule has 0 bridgehead atoms. The second kappa shape index (κ2) is 9.10. The number of urea groups is 1. The molecule has 3 N–H and O–H groups in total. The number of hydrogen-bond acceptors (Lipinski definition) is 4. The second-order valence-corrected chi connectivity index (χ2v) is 6.43. The van der Waals surface area contributed by atoms with Crippen molar-refractivity contribution in [2.75, 3.05) is 36.4 Å². The number of carbonyl (C=O) groups is 2. The Morgan fingerprint density at radius 2 is 1.96 bits per heavy atom. The summed E-state index contributed by atoms with van der Waals surface area (Å²) in [5, 5.41) is 8.13. The van der Waals surface area contributed by atoms with Gasteiger partial charge in [-0.15, -0.1) is 0 Å².